The van der Waals surface area contributed by atoms with Gasteiger partial charge in [-0.1, -0.05) is 37.3 Å². The topological polar surface area (TPSA) is 32.3 Å². The summed E-state index contributed by atoms with van der Waals surface area (Å²) in [7, 11) is 0. The molecule has 122 valence electrons. The Morgan fingerprint density at radius 2 is 2.00 bits per heavy atom. The van der Waals surface area contributed by atoms with Gasteiger partial charge in [-0.25, -0.2) is 0 Å². The number of piperidine rings is 1. The van der Waals surface area contributed by atoms with E-state index in [0.29, 0.717) is 0 Å². The minimum absolute atomic E-state index is 0. The van der Waals surface area contributed by atoms with Gasteiger partial charge < -0.3 is 5.32 Å². The number of aryl methyl sites for hydroxylation is 2. The summed E-state index contributed by atoms with van der Waals surface area (Å²) in [6.45, 7) is 12.2. The molecular weight excluding hydrogens is 296 g/mol. The van der Waals surface area contributed by atoms with Crippen LogP contribution in [0.5, 0.6) is 0 Å². The number of rotatable bonds is 4. The van der Waals surface area contributed by atoms with Gasteiger partial charge in [-0.05, 0) is 50.8 Å². The van der Waals surface area contributed by atoms with E-state index in [-0.39, 0.29) is 24.4 Å². The lowest BCUT2D eigenvalue weighted by molar-refractivity contribution is -0.121. The number of halogens is 1. The van der Waals surface area contributed by atoms with E-state index in [9.17, 15) is 4.79 Å². The number of para-hydroxylation sites is 1. The van der Waals surface area contributed by atoms with E-state index in [1.165, 1.54) is 5.57 Å². The van der Waals surface area contributed by atoms with Crippen LogP contribution in [-0.2, 0) is 4.79 Å². The highest BCUT2D eigenvalue weighted by molar-refractivity contribution is 5.96. The van der Waals surface area contributed by atoms with E-state index in [1.807, 2.05) is 32.0 Å². The van der Waals surface area contributed by atoms with Crippen LogP contribution >= 0.6 is 12.4 Å². The van der Waals surface area contributed by atoms with E-state index in [2.05, 4.69) is 23.7 Å². The molecule has 0 saturated carbocycles. The average molecular weight is 323 g/mol. The Morgan fingerprint density at radius 3 is 2.59 bits per heavy atom. The largest absolute Gasteiger partial charge is 0.324 e. The van der Waals surface area contributed by atoms with Gasteiger partial charge >= 0.3 is 0 Å². The monoisotopic (exact) mass is 322 g/mol. The molecule has 22 heavy (non-hydrogen) atoms. The van der Waals surface area contributed by atoms with Crippen LogP contribution in [0.1, 0.15) is 37.3 Å². The third-order valence-electron chi connectivity index (χ3n) is 4.22. The van der Waals surface area contributed by atoms with Crippen molar-refractivity contribution in [2.75, 3.05) is 18.4 Å². The number of carbonyl (C=O) groups excluding carboxylic acids is 1. The van der Waals surface area contributed by atoms with Crippen molar-refractivity contribution < 1.29 is 4.79 Å². The van der Waals surface area contributed by atoms with Crippen molar-refractivity contribution in [2.24, 2.45) is 0 Å². The molecule has 0 radical (unpaired) electrons. The van der Waals surface area contributed by atoms with Crippen molar-refractivity contribution in [1.82, 2.24) is 4.90 Å². The van der Waals surface area contributed by atoms with Crippen LogP contribution < -0.4 is 5.32 Å². The van der Waals surface area contributed by atoms with Crippen LogP contribution in [-0.4, -0.2) is 29.9 Å². The number of likely N-dealkylation sites (tertiary alicyclic amines) is 1. The summed E-state index contributed by atoms with van der Waals surface area (Å²) in [6.07, 6.45) is 2.85. The zero-order chi connectivity index (χ0) is 15.4. The fourth-order valence-corrected chi connectivity index (χ4v) is 2.99. The lowest BCUT2D eigenvalue weighted by Crippen LogP contribution is -2.47. The van der Waals surface area contributed by atoms with Crippen molar-refractivity contribution in [1.29, 1.82) is 0 Å². The average Bonchev–Trinajstić information content (AvgIpc) is 2.45. The summed E-state index contributed by atoms with van der Waals surface area (Å²) in [6, 6.07) is 6.01. The third-order valence-corrected chi connectivity index (χ3v) is 4.22. The summed E-state index contributed by atoms with van der Waals surface area (Å²) in [5.74, 6) is 0.0988. The van der Waals surface area contributed by atoms with Gasteiger partial charge in [0.2, 0.25) is 5.91 Å². The third kappa shape index (κ3) is 4.34. The van der Waals surface area contributed by atoms with E-state index in [4.69, 9.17) is 0 Å². The maximum absolute atomic E-state index is 12.7. The first-order chi connectivity index (χ1) is 10.0. The molecule has 0 aromatic heterocycles. The summed E-state index contributed by atoms with van der Waals surface area (Å²) < 4.78 is 0. The Balaban J connectivity index is 0.00000242. The lowest BCUT2D eigenvalue weighted by atomic mass is 9.96. The maximum Gasteiger partial charge on any atom is 0.242 e. The number of amides is 1. The zero-order valence-electron chi connectivity index (χ0n) is 13.8. The van der Waals surface area contributed by atoms with Crippen LogP contribution in [0.15, 0.2) is 30.4 Å². The van der Waals surface area contributed by atoms with Crippen LogP contribution in [0.2, 0.25) is 0 Å². The Morgan fingerprint density at radius 1 is 1.36 bits per heavy atom. The molecule has 1 aliphatic rings. The molecule has 1 aromatic carbocycles. The van der Waals surface area contributed by atoms with Gasteiger partial charge in [0.1, 0.15) is 0 Å². The first-order valence-electron chi connectivity index (χ1n) is 7.80. The lowest BCUT2D eigenvalue weighted by Gasteiger charge is -2.35. The number of carbonyl (C=O) groups is 1. The number of anilines is 1. The standard InChI is InChI=1S/C18H26N2O.ClH/c1-5-10-20-11-9-13(2)12-16(20)18(21)19-17-14(3)7-6-8-15(17)4;/h6-8,16H,2,5,9-12H2,1,3-4H3,(H,19,21);1H. The molecule has 1 amide bonds. The van der Waals surface area contributed by atoms with Crippen molar-refractivity contribution >= 4 is 24.0 Å². The molecule has 1 heterocycles. The van der Waals surface area contributed by atoms with E-state index >= 15 is 0 Å². The van der Waals surface area contributed by atoms with E-state index < -0.39 is 0 Å². The molecular formula is C18H27ClN2O. The molecule has 1 saturated heterocycles. The molecule has 2 rings (SSSR count). The van der Waals surface area contributed by atoms with Gasteiger partial charge in [0.25, 0.3) is 0 Å². The van der Waals surface area contributed by atoms with Crippen LogP contribution in [0, 0.1) is 13.8 Å². The first kappa shape index (κ1) is 18.7. The Hall–Kier alpha value is -1.32. The quantitative estimate of drug-likeness (QED) is 0.847. The van der Waals surface area contributed by atoms with Gasteiger partial charge in [-0.2, -0.15) is 0 Å². The molecule has 1 unspecified atom stereocenters. The maximum atomic E-state index is 12.7. The van der Waals surface area contributed by atoms with E-state index in [1.54, 1.807) is 0 Å². The highest BCUT2D eigenvalue weighted by Crippen LogP contribution is 2.24. The smallest absolute Gasteiger partial charge is 0.242 e. The molecule has 1 N–H and O–H groups in total. The predicted molar refractivity (Wildman–Crippen MR) is 95.8 cm³/mol. The second kappa shape index (κ2) is 8.35. The minimum Gasteiger partial charge on any atom is -0.324 e. The SMILES string of the molecule is C=C1CCN(CCC)C(C(=O)Nc2c(C)cccc2C)C1.Cl. The summed E-state index contributed by atoms with van der Waals surface area (Å²) >= 11 is 0. The van der Waals surface area contributed by atoms with Crippen molar-refractivity contribution in [3.63, 3.8) is 0 Å². The number of hydrogen-bond donors (Lipinski definition) is 1. The molecule has 1 atom stereocenters. The molecule has 4 heteroatoms. The summed E-state index contributed by atoms with van der Waals surface area (Å²) in [5, 5.41) is 3.14. The molecule has 0 aliphatic carbocycles. The van der Waals surface area contributed by atoms with Crippen LogP contribution in [0.4, 0.5) is 5.69 Å². The Kier molecular flexibility index (Phi) is 7.11. The molecule has 1 aliphatic heterocycles. The molecule has 0 bridgehead atoms. The fourth-order valence-electron chi connectivity index (χ4n) is 2.99. The van der Waals surface area contributed by atoms with Crippen molar-refractivity contribution in [2.45, 2.75) is 46.1 Å². The molecule has 1 aromatic rings. The van der Waals surface area contributed by atoms with Crippen molar-refractivity contribution in [3.8, 4) is 0 Å². The van der Waals surface area contributed by atoms with Crippen LogP contribution in [0.25, 0.3) is 0 Å². The molecule has 0 spiro atoms. The summed E-state index contributed by atoms with van der Waals surface area (Å²) in [4.78, 5) is 15.0. The zero-order valence-corrected chi connectivity index (χ0v) is 14.6. The molecule has 3 nitrogen and oxygen atoms in total. The minimum atomic E-state index is -0.0785. The van der Waals surface area contributed by atoms with Crippen LogP contribution in [0.3, 0.4) is 0 Å². The van der Waals surface area contributed by atoms with Gasteiger partial charge in [0.15, 0.2) is 0 Å². The molecule has 1 fully saturated rings. The Labute approximate surface area is 140 Å². The highest BCUT2D eigenvalue weighted by atomic mass is 35.5. The van der Waals surface area contributed by atoms with Gasteiger partial charge in [-0.15, -0.1) is 12.4 Å². The second-order valence-electron chi connectivity index (χ2n) is 6.01. The second-order valence-corrected chi connectivity index (χ2v) is 6.01. The number of benzene rings is 1. The predicted octanol–water partition coefficient (Wildman–Crippen LogP) is 4.09. The van der Waals surface area contributed by atoms with Gasteiger partial charge in [0, 0.05) is 12.2 Å². The van der Waals surface area contributed by atoms with Crippen molar-refractivity contribution in [3.05, 3.63) is 41.5 Å². The fraction of sp³-hybridized carbons (Fsp3) is 0.500. The number of nitrogens with one attached hydrogen (secondary N) is 1. The van der Waals surface area contributed by atoms with Gasteiger partial charge in [-0.3, -0.25) is 9.69 Å². The highest BCUT2D eigenvalue weighted by Gasteiger charge is 2.29. The normalized spacial score (nSPS) is 18.7. The first-order valence-corrected chi connectivity index (χ1v) is 7.80. The van der Waals surface area contributed by atoms with E-state index in [0.717, 1.165) is 49.2 Å². The Bertz CT molecular complexity index is 522. The van der Waals surface area contributed by atoms with Gasteiger partial charge in [0.05, 0.1) is 6.04 Å². The summed E-state index contributed by atoms with van der Waals surface area (Å²) in [5.41, 5.74) is 4.36. The number of hydrogen-bond acceptors (Lipinski definition) is 2. The number of nitrogens with zero attached hydrogens (tertiary/aromatic N) is 1.